The standard InChI is InChI=1S/C10H8BrFN2O2S2/c1-6-13-5-10(17-6)18(15,16)14-7-2-3-9(12)8(11)4-7/h2-5,14H,1H3. The molecule has 0 aliphatic rings. The second kappa shape index (κ2) is 4.94. The molecule has 0 atom stereocenters. The number of nitrogens with zero attached hydrogens (tertiary/aromatic N) is 1. The average Bonchev–Trinajstić information content (AvgIpc) is 2.71. The number of nitrogens with one attached hydrogen (secondary N) is 1. The smallest absolute Gasteiger partial charge is 0.273 e. The quantitative estimate of drug-likeness (QED) is 0.924. The fourth-order valence-electron chi connectivity index (χ4n) is 1.23. The van der Waals surface area contributed by atoms with Gasteiger partial charge in [-0.15, -0.1) is 11.3 Å². The van der Waals surface area contributed by atoms with Gasteiger partial charge < -0.3 is 0 Å². The Hall–Kier alpha value is -0.990. The molecule has 0 amide bonds. The molecule has 0 saturated heterocycles. The van der Waals surface area contributed by atoms with E-state index in [4.69, 9.17) is 0 Å². The molecule has 0 aliphatic carbocycles. The first-order valence-electron chi connectivity index (χ1n) is 4.79. The molecule has 8 heteroatoms. The summed E-state index contributed by atoms with van der Waals surface area (Å²) in [7, 11) is -3.66. The van der Waals surface area contributed by atoms with Gasteiger partial charge in [0, 0.05) is 0 Å². The van der Waals surface area contributed by atoms with Gasteiger partial charge in [0.15, 0.2) is 4.21 Å². The molecule has 2 rings (SSSR count). The Morgan fingerprint density at radius 1 is 1.44 bits per heavy atom. The zero-order valence-electron chi connectivity index (χ0n) is 9.15. The lowest BCUT2D eigenvalue weighted by Gasteiger charge is -2.06. The van der Waals surface area contributed by atoms with Gasteiger partial charge in [0.2, 0.25) is 0 Å². The highest BCUT2D eigenvalue weighted by molar-refractivity contribution is 9.10. The van der Waals surface area contributed by atoms with Gasteiger partial charge in [0.05, 0.1) is 21.4 Å². The lowest BCUT2D eigenvalue weighted by atomic mass is 10.3. The van der Waals surface area contributed by atoms with Gasteiger partial charge in [-0.1, -0.05) is 0 Å². The summed E-state index contributed by atoms with van der Waals surface area (Å²) in [5, 5.41) is 0.663. The Kier molecular flexibility index (Phi) is 3.69. The third-order valence-electron chi connectivity index (χ3n) is 2.04. The number of hydrogen-bond donors (Lipinski definition) is 1. The Morgan fingerprint density at radius 2 is 2.17 bits per heavy atom. The van der Waals surface area contributed by atoms with E-state index in [1.54, 1.807) is 6.92 Å². The van der Waals surface area contributed by atoms with Crippen LogP contribution in [0.1, 0.15) is 5.01 Å². The summed E-state index contributed by atoms with van der Waals surface area (Å²) in [6.07, 6.45) is 1.29. The van der Waals surface area contributed by atoms with Crippen molar-refractivity contribution >= 4 is 43.0 Å². The Morgan fingerprint density at radius 3 is 2.72 bits per heavy atom. The highest BCUT2D eigenvalue weighted by Gasteiger charge is 2.17. The molecule has 2 aromatic rings. The summed E-state index contributed by atoms with van der Waals surface area (Å²) in [4.78, 5) is 3.89. The maximum Gasteiger partial charge on any atom is 0.273 e. The van der Waals surface area contributed by atoms with Crippen LogP contribution in [0, 0.1) is 12.7 Å². The number of anilines is 1. The van der Waals surface area contributed by atoms with Crippen molar-refractivity contribution in [3.63, 3.8) is 0 Å². The van der Waals surface area contributed by atoms with Crippen molar-refractivity contribution in [3.8, 4) is 0 Å². The topological polar surface area (TPSA) is 59.1 Å². The normalized spacial score (nSPS) is 11.5. The van der Waals surface area contributed by atoms with Crippen LogP contribution >= 0.6 is 27.3 Å². The van der Waals surface area contributed by atoms with Crippen LogP contribution in [0.15, 0.2) is 33.1 Å². The molecular weight excluding hydrogens is 343 g/mol. The first-order chi connectivity index (χ1) is 8.38. The van der Waals surface area contributed by atoms with E-state index < -0.39 is 15.8 Å². The summed E-state index contributed by atoms with van der Waals surface area (Å²) in [5.41, 5.74) is 0.286. The molecule has 0 aliphatic heterocycles. The molecule has 0 fully saturated rings. The summed E-state index contributed by atoms with van der Waals surface area (Å²) in [5.74, 6) is -0.452. The fourth-order valence-corrected chi connectivity index (χ4v) is 3.77. The predicted octanol–water partition coefficient (Wildman–Crippen LogP) is 3.15. The molecule has 1 heterocycles. The molecule has 0 spiro atoms. The molecule has 0 unspecified atom stereocenters. The van der Waals surface area contributed by atoms with E-state index in [-0.39, 0.29) is 14.4 Å². The predicted molar refractivity (Wildman–Crippen MR) is 71.8 cm³/mol. The third kappa shape index (κ3) is 2.88. The number of sulfonamides is 1. The van der Waals surface area contributed by atoms with E-state index in [9.17, 15) is 12.8 Å². The van der Waals surface area contributed by atoms with Crippen LogP contribution in [0.2, 0.25) is 0 Å². The van der Waals surface area contributed by atoms with E-state index in [0.717, 1.165) is 11.3 Å². The summed E-state index contributed by atoms with van der Waals surface area (Å²) in [6.45, 7) is 1.72. The molecule has 0 saturated carbocycles. The number of hydrogen-bond acceptors (Lipinski definition) is 4. The van der Waals surface area contributed by atoms with Crippen molar-refractivity contribution in [1.29, 1.82) is 0 Å². The van der Waals surface area contributed by atoms with Gasteiger partial charge >= 0.3 is 0 Å². The molecule has 1 aromatic carbocycles. The Bertz CT molecular complexity index is 685. The summed E-state index contributed by atoms with van der Waals surface area (Å²) >= 11 is 4.07. The number of benzene rings is 1. The van der Waals surface area contributed by atoms with Crippen LogP contribution in [0.4, 0.5) is 10.1 Å². The van der Waals surface area contributed by atoms with Crippen molar-refractivity contribution in [2.24, 2.45) is 0 Å². The highest BCUT2D eigenvalue weighted by atomic mass is 79.9. The minimum Gasteiger partial charge on any atom is -0.279 e. The van der Waals surface area contributed by atoms with Crippen molar-refractivity contribution in [3.05, 3.63) is 39.7 Å². The van der Waals surface area contributed by atoms with E-state index in [1.165, 1.54) is 24.4 Å². The van der Waals surface area contributed by atoms with E-state index >= 15 is 0 Å². The van der Waals surface area contributed by atoms with Crippen LogP contribution < -0.4 is 4.72 Å². The van der Waals surface area contributed by atoms with Crippen LogP contribution in [0.5, 0.6) is 0 Å². The minimum atomic E-state index is -3.66. The number of halogens is 2. The Labute approximate surface area is 116 Å². The van der Waals surface area contributed by atoms with Gasteiger partial charge in [-0.25, -0.2) is 17.8 Å². The summed E-state index contributed by atoms with van der Waals surface area (Å²) in [6, 6.07) is 3.90. The number of thiazole rings is 1. The lowest BCUT2D eigenvalue weighted by Crippen LogP contribution is -2.11. The lowest BCUT2D eigenvalue weighted by molar-refractivity contribution is 0.602. The SMILES string of the molecule is Cc1ncc(S(=O)(=O)Nc2ccc(F)c(Br)c2)s1. The highest BCUT2D eigenvalue weighted by Crippen LogP contribution is 2.24. The van der Waals surface area contributed by atoms with Gasteiger partial charge in [-0.3, -0.25) is 4.72 Å². The third-order valence-corrected chi connectivity index (χ3v) is 5.40. The second-order valence-electron chi connectivity index (χ2n) is 3.43. The number of aryl methyl sites for hydroxylation is 1. The number of rotatable bonds is 3. The zero-order valence-corrected chi connectivity index (χ0v) is 12.4. The zero-order chi connectivity index (χ0) is 13.3. The maximum atomic E-state index is 13.0. The minimum absolute atomic E-state index is 0.125. The average molecular weight is 351 g/mol. The molecule has 0 radical (unpaired) electrons. The first-order valence-corrected chi connectivity index (χ1v) is 7.88. The largest absolute Gasteiger partial charge is 0.279 e. The fraction of sp³-hybridized carbons (Fsp3) is 0.100. The van der Waals surface area contributed by atoms with E-state index in [1.807, 2.05) is 0 Å². The van der Waals surface area contributed by atoms with Crippen LogP contribution in [-0.4, -0.2) is 13.4 Å². The van der Waals surface area contributed by atoms with Crippen molar-refractivity contribution in [1.82, 2.24) is 4.98 Å². The van der Waals surface area contributed by atoms with Gasteiger partial charge in [-0.05, 0) is 41.1 Å². The van der Waals surface area contributed by atoms with Gasteiger partial charge in [0.1, 0.15) is 5.82 Å². The van der Waals surface area contributed by atoms with Gasteiger partial charge in [-0.2, -0.15) is 0 Å². The summed E-state index contributed by atoms with van der Waals surface area (Å²) < 4.78 is 39.6. The first kappa shape index (κ1) is 13.4. The monoisotopic (exact) mass is 350 g/mol. The molecule has 1 aromatic heterocycles. The van der Waals surface area contributed by atoms with Crippen molar-refractivity contribution < 1.29 is 12.8 Å². The van der Waals surface area contributed by atoms with E-state index in [0.29, 0.717) is 5.01 Å². The number of aromatic nitrogens is 1. The maximum absolute atomic E-state index is 13.0. The molecule has 18 heavy (non-hydrogen) atoms. The molecule has 4 nitrogen and oxygen atoms in total. The molecule has 96 valence electrons. The van der Waals surface area contributed by atoms with Crippen LogP contribution in [0.3, 0.4) is 0 Å². The van der Waals surface area contributed by atoms with Gasteiger partial charge in [0.25, 0.3) is 10.0 Å². The van der Waals surface area contributed by atoms with Crippen molar-refractivity contribution in [2.75, 3.05) is 4.72 Å². The molecule has 1 N–H and O–H groups in total. The second-order valence-corrected chi connectivity index (χ2v) is 7.43. The Balaban J connectivity index is 2.30. The molecule has 0 bridgehead atoms. The molecular formula is C10H8BrFN2O2S2. The van der Waals surface area contributed by atoms with Crippen LogP contribution in [0.25, 0.3) is 0 Å². The van der Waals surface area contributed by atoms with Crippen LogP contribution in [-0.2, 0) is 10.0 Å². The van der Waals surface area contributed by atoms with E-state index in [2.05, 4.69) is 25.6 Å². The van der Waals surface area contributed by atoms with Crippen molar-refractivity contribution in [2.45, 2.75) is 11.1 Å².